The summed E-state index contributed by atoms with van der Waals surface area (Å²) in [6.07, 6.45) is 117. The molecule has 0 aromatic rings. The molecule has 9 nitrogen and oxygen atoms in total. The fourth-order valence-corrected chi connectivity index (χ4v) is 12.1. The second-order valence-corrected chi connectivity index (χ2v) is 28.0. The van der Waals surface area contributed by atoms with E-state index in [0.29, 0.717) is 6.42 Å². The van der Waals surface area contributed by atoms with Gasteiger partial charge in [-0.3, -0.25) is 18.6 Å². The normalized spacial score (nSPS) is 13.6. The van der Waals surface area contributed by atoms with Crippen molar-refractivity contribution in [3.63, 3.8) is 0 Å². The van der Waals surface area contributed by atoms with E-state index < -0.39 is 26.5 Å². The number of ether oxygens (including phenoxy) is 2. The molecule has 10 heteroatoms. The molecule has 2 atom stereocenters. The van der Waals surface area contributed by atoms with Gasteiger partial charge in [0.1, 0.15) is 6.61 Å². The summed E-state index contributed by atoms with van der Waals surface area (Å²) in [6.45, 7) is 3.65. The molecular weight excluding hydrogens is 1220 g/mol. The van der Waals surface area contributed by atoms with Crippen molar-refractivity contribution in [1.29, 1.82) is 0 Å². The first-order valence-corrected chi connectivity index (χ1v) is 41.8. The van der Waals surface area contributed by atoms with Crippen molar-refractivity contribution >= 4 is 19.8 Å². The third kappa shape index (κ3) is 80.8. The minimum atomic E-state index is -4.41. The van der Waals surface area contributed by atoms with Gasteiger partial charge in [-0.1, -0.05) is 372 Å². The highest BCUT2D eigenvalue weighted by atomic mass is 31.2. The molecule has 0 amide bonds. The van der Waals surface area contributed by atoms with E-state index in [1.807, 2.05) is 0 Å². The molecule has 0 spiro atoms. The van der Waals surface area contributed by atoms with Crippen LogP contribution in [0, 0.1) is 0 Å². The summed E-state index contributed by atoms with van der Waals surface area (Å²) in [5, 5.41) is 0. The van der Waals surface area contributed by atoms with E-state index >= 15 is 0 Å². The van der Waals surface area contributed by atoms with Gasteiger partial charge in [-0.2, -0.15) is 0 Å². The van der Waals surface area contributed by atoms with Crippen molar-refractivity contribution < 1.29 is 37.6 Å². The van der Waals surface area contributed by atoms with Gasteiger partial charge in [0, 0.05) is 19.4 Å². The van der Waals surface area contributed by atoms with Crippen molar-refractivity contribution in [2.45, 2.75) is 367 Å². The lowest BCUT2D eigenvalue weighted by molar-refractivity contribution is -0.161. The molecule has 556 valence electrons. The number of esters is 2. The van der Waals surface area contributed by atoms with Crippen LogP contribution in [0.25, 0.3) is 0 Å². The predicted molar refractivity (Wildman–Crippen MR) is 422 cm³/mol. The smallest absolute Gasteiger partial charge is 0.462 e. The molecular formula is C87H150NO8P. The van der Waals surface area contributed by atoms with E-state index in [-0.39, 0.29) is 38.6 Å². The highest BCUT2D eigenvalue weighted by Gasteiger charge is 2.26. The van der Waals surface area contributed by atoms with Gasteiger partial charge >= 0.3 is 19.8 Å². The van der Waals surface area contributed by atoms with Crippen molar-refractivity contribution in [3.8, 4) is 0 Å². The second-order valence-electron chi connectivity index (χ2n) is 26.6. The van der Waals surface area contributed by atoms with Gasteiger partial charge in [0.05, 0.1) is 13.2 Å². The van der Waals surface area contributed by atoms with E-state index in [0.717, 1.165) is 116 Å². The van der Waals surface area contributed by atoms with Crippen LogP contribution < -0.4 is 5.73 Å². The van der Waals surface area contributed by atoms with Crippen molar-refractivity contribution in [2.24, 2.45) is 5.73 Å². The van der Waals surface area contributed by atoms with Gasteiger partial charge in [-0.25, -0.2) is 4.57 Å². The van der Waals surface area contributed by atoms with Gasteiger partial charge in [-0.05, 0) is 122 Å². The summed E-state index contributed by atoms with van der Waals surface area (Å²) in [5.74, 6) is -0.824. The summed E-state index contributed by atoms with van der Waals surface area (Å²) < 4.78 is 33.3. The Balaban J connectivity index is 3.85. The molecule has 0 aliphatic heterocycles. The molecule has 3 N–H and O–H groups in total. The molecule has 0 heterocycles. The first kappa shape index (κ1) is 92.9. The van der Waals surface area contributed by atoms with Crippen molar-refractivity contribution in [1.82, 2.24) is 0 Å². The van der Waals surface area contributed by atoms with Gasteiger partial charge in [0.25, 0.3) is 0 Å². The van der Waals surface area contributed by atoms with Gasteiger partial charge < -0.3 is 20.1 Å². The number of hydrogen-bond donors (Lipinski definition) is 2. The Morgan fingerprint density at radius 2 is 0.567 bits per heavy atom. The lowest BCUT2D eigenvalue weighted by Gasteiger charge is -2.19. The van der Waals surface area contributed by atoms with Crippen LogP contribution in [0.3, 0.4) is 0 Å². The summed E-state index contributed by atoms with van der Waals surface area (Å²) in [7, 11) is -4.41. The zero-order valence-corrected chi connectivity index (χ0v) is 63.7. The number of hydrogen-bond acceptors (Lipinski definition) is 8. The van der Waals surface area contributed by atoms with E-state index in [2.05, 4.69) is 160 Å². The Labute approximate surface area is 598 Å². The third-order valence-electron chi connectivity index (χ3n) is 17.2. The first-order valence-electron chi connectivity index (χ1n) is 40.3. The molecule has 0 saturated heterocycles. The number of phosphoric acid groups is 1. The Hall–Kier alpha value is -4.11. The molecule has 0 aliphatic carbocycles. The Morgan fingerprint density at radius 1 is 0.320 bits per heavy atom. The first-order chi connectivity index (χ1) is 47.8. The standard InChI is InChI=1S/C87H150NO8P/c1-3-5-7-9-11-13-15-17-19-21-23-25-27-29-31-33-35-37-39-41-42-44-46-48-50-52-54-56-58-60-62-64-66-68-70-72-74-76-78-80-87(90)96-85(84-95-97(91,92)94-82-81-88)83-93-86(89)79-77-75-73-71-69-67-65-63-61-59-57-55-53-51-49-47-45-43-40-38-36-34-32-30-28-26-24-22-20-18-16-14-12-10-8-6-4-2/h5,7,11,13,16-19,22-25,28-31,35,37,41-42,46,48,52,54,85H,3-4,6,8-10,12,14-15,20-21,26-27,32-34,36,38-40,43-45,47,49-51,53,55-84,88H2,1-2H3,(H,91,92)/b7-5-,13-11-,18-16-,19-17-,24-22-,25-23-,30-28-,31-29-,37-35-,42-41-,48-46-,54-52-. The zero-order chi connectivity index (χ0) is 70.0. The van der Waals surface area contributed by atoms with Gasteiger partial charge in [-0.15, -0.1) is 0 Å². The average Bonchev–Trinajstić information content (AvgIpc) is 2.88. The monoisotopic (exact) mass is 1370 g/mol. The Bertz CT molecular complexity index is 2110. The number of carbonyl (C=O) groups excluding carboxylic acids is 2. The number of phosphoric ester groups is 1. The van der Waals surface area contributed by atoms with Crippen LogP contribution >= 0.6 is 7.82 Å². The van der Waals surface area contributed by atoms with Crippen molar-refractivity contribution in [3.05, 3.63) is 146 Å². The van der Waals surface area contributed by atoms with Crippen LogP contribution in [0.5, 0.6) is 0 Å². The second kappa shape index (κ2) is 80.9. The predicted octanol–water partition coefficient (Wildman–Crippen LogP) is 27.3. The summed E-state index contributed by atoms with van der Waals surface area (Å²) in [4.78, 5) is 35.5. The lowest BCUT2D eigenvalue weighted by atomic mass is 10.0. The van der Waals surface area contributed by atoms with Gasteiger partial charge in [0.15, 0.2) is 6.10 Å². The maximum atomic E-state index is 12.8. The number of carbonyl (C=O) groups is 2. The maximum absolute atomic E-state index is 12.8. The van der Waals surface area contributed by atoms with Crippen LogP contribution in [-0.4, -0.2) is 49.3 Å². The van der Waals surface area contributed by atoms with Crippen LogP contribution in [0.15, 0.2) is 146 Å². The van der Waals surface area contributed by atoms with Crippen LogP contribution in [0.4, 0.5) is 0 Å². The minimum Gasteiger partial charge on any atom is -0.462 e. The maximum Gasteiger partial charge on any atom is 0.472 e. The third-order valence-corrected chi connectivity index (χ3v) is 18.2. The number of rotatable bonds is 75. The highest BCUT2D eigenvalue weighted by molar-refractivity contribution is 7.47. The fraction of sp³-hybridized carbons (Fsp3) is 0.701. The van der Waals surface area contributed by atoms with Crippen LogP contribution in [0.1, 0.15) is 361 Å². The molecule has 2 unspecified atom stereocenters. The number of unbranched alkanes of at least 4 members (excludes halogenated alkanes) is 38. The average molecular weight is 1370 g/mol. The SMILES string of the molecule is CC/C=C\C/C=C\C/C=C\C/C=C\C/C=C\C/C=C\C/C=C\C/C=C\C/C=C\CCCCCCCCCCCCCC(=O)OC(COC(=O)CCCCCCCCCCCCCCCCCCCCCCCC/C=C\C/C=C\C/C=C\CCCCCCC)COP(=O)(O)OCCN. The molecule has 0 aromatic carbocycles. The van der Waals surface area contributed by atoms with Crippen LogP contribution in [0.2, 0.25) is 0 Å². The number of allylic oxidation sites excluding steroid dienone is 24. The molecule has 0 bridgehead atoms. The number of nitrogens with two attached hydrogens (primary N) is 1. The fourth-order valence-electron chi connectivity index (χ4n) is 11.3. The largest absolute Gasteiger partial charge is 0.472 e. The minimum absolute atomic E-state index is 0.0487. The molecule has 0 aromatic heterocycles. The van der Waals surface area contributed by atoms with E-state index in [4.69, 9.17) is 24.3 Å². The molecule has 0 aliphatic rings. The molecule has 0 fully saturated rings. The molecule has 0 saturated carbocycles. The summed E-state index contributed by atoms with van der Waals surface area (Å²) in [5.41, 5.74) is 5.42. The van der Waals surface area contributed by atoms with Crippen molar-refractivity contribution in [2.75, 3.05) is 26.4 Å². The Kier molecular flexibility index (Phi) is 77.4. The van der Waals surface area contributed by atoms with Crippen LogP contribution in [-0.2, 0) is 32.7 Å². The summed E-state index contributed by atoms with van der Waals surface area (Å²) >= 11 is 0. The van der Waals surface area contributed by atoms with Gasteiger partial charge in [0.2, 0.25) is 0 Å². The molecule has 0 rings (SSSR count). The molecule has 97 heavy (non-hydrogen) atoms. The highest BCUT2D eigenvalue weighted by Crippen LogP contribution is 2.43. The Morgan fingerprint density at radius 3 is 0.845 bits per heavy atom. The van der Waals surface area contributed by atoms with E-state index in [9.17, 15) is 19.0 Å². The van der Waals surface area contributed by atoms with E-state index in [1.54, 1.807) is 0 Å². The van der Waals surface area contributed by atoms with E-state index in [1.165, 1.54) is 212 Å². The lowest BCUT2D eigenvalue weighted by Crippen LogP contribution is -2.29. The topological polar surface area (TPSA) is 134 Å². The quantitative estimate of drug-likeness (QED) is 0.0264. The summed E-state index contributed by atoms with van der Waals surface area (Å²) in [6, 6.07) is 0. The zero-order valence-electron chi connectivity index (χ0n) is 62.8. The molecule has 0 radical (unpaired) electrons.